The van der Waals surface area contributed by atoms with E-state index in [9.17, 15) is 10.1 Å². The Kier molecular flexibility index (Phi) is 5.60. The van der Waals surface area contributed by atoms with Gasteiger partial charge in [0.2, 0.25) is 0 Å². The molecule has 0 aliphatic rings. The number of benzene rings is 3. The van der Waals surface area contributed by atoms with Crippen molar-refractivity contribution in [2.24, 2.45) is 5.73 Å². The van der Waals surface area contributed by atoms with Gasteiger partial charge < -0.3 is 11.5 Å². The molecule has 3 aromatic carbocycles. The van der Waals surface area contributed by atoms with Crippen LogP contribution in [0, 0.1) is 11.3 Å². The second-order valence-electron chi connectivity index (χ2n) is 5.80. The highest BCUT2D eigenvalue weighted by molar-refractivity contribution is 8.03. The molecule has 0 unspecified atom stereocenters. The molecule has 0 aliphatic heterocycles. The summed E-state index contributed by atoms with van der Waals surface area (Å²) in [5, 5.41) is 9.98. The minimum atomic E-state index is -0.0977. The second-order valence-corrected chi connectivity index (χ2v) is 6.91. The van der Waals surface area contributed by atoms with Gasteiger partial charge in [0, 0.05) is 21.7 Å². The molecule has 27 heavy (non-hydrogen) atoms. The standard InChI is InChI=1S/C22H17N3OS/c23-14-20(22(25)27-19-11-9-18(24)10-12-19)16-7-4-8-17(13-16)21(26)15-5-2-1-3-6-15/h1-13H,24-25H2/b22-20+. The molecule has 0 saturated heterocycles. The van der Waals surface area contributed by atoms with Crippen LogP contribution >= 0.6 is 11.8 Å². The molecule has 3 rings (SSSR count). The summed E-state index contributed by atoms with van der Waals surface area (Å²) in [5.74, 6) is -0.0977. The van der Waals surface area contributed by atoms with E-state index in [0.29, 0.717) is 33.0 Å². The third kappa shape index (κ3) is 4.38. The van der Waals surface area contributed by atoms with Gasteiger partial charge in [-0.3, -0.25) is 4.79 Å². The third-order valence-corrected chi connectivity index (χ3v) is 4.85. The molecule has 0 fully saturated rings. The zero-order chi connectivity index (χ0) is 19.2. The number of nitrogens with zero attached hydrogens (tertiary/aromatic N) is 1. The SMILES string of the molecule is N#C/C(=C(/N)Sc1ccc(N)cc1)c1cccc(C(=O)c2ccccc2)c1. The average Bonchev–Trinajstić information content (AvgIpc) is 2.70. The molecular formula is C22H17N3OS. The van der Waals surface area contributed by atoms with Crippen molar-refractivity contribution in [3.8, 4) is 6.07 Å². The van der Waals surface area contributed by atoms with E-state index in [4.69, 9.17) is 11.5 Å². The molecule has 5 heteroatoms. The Labute approximate surface area is 162 Å². The fourth-order valence-electron chi connectivity index (χ4n) is 2.55. The van der Waals surface area contributed by atoms with E-state index in [-0.39, 0.29) is 5.78 Å². The number of carbonyl (C=O) groups excluding carboxylic acids is 1. The van der Waals surface area contributed by atoms with E-state index < -0.39 is 0 Å². The maximum atomic E-state index is 12.7. The fraction of sp³-hybridized carbons (Fsp3) is 0. The van der Waals surface area contributed by atoms with Gasteiger partial charge in [-0.05, 0) is 35.9 Å². The largest absolute Gasteiger partial charge is 0.399 e. The van der Waals surface area contributed by atoms with E-state index in [1.54, 1.807) is 48.5 Å². The van der Waals surface area contributed by atoms with E-state index in [2.05, 4.69) is 6.07 Å². The predicted molar refractivity (Wildman–Crippen MR) is 110 cm³/mol. The molecule has 0 aliphatic carbocycles. The molecular weight excluding hydrogens is 354 g/mol. The number of nitrogens with two attached hydrogens (primary N) is 2. The van der Waals surface area contributed by atoms with Crippen molar-refractivity contribution in [1.29, 1.82) is 5.26 Å². The molecule has 0 radical (unpaired) electrons. The highest BCUT2D eigenvalue weighted by Gasteiger charge is 2.13. The number of rotatable bonds is 5. The van der Waals surface area contributed by atoms with E-state index >= 15 is 0 Å². The predicted octanol–water partition coefficient (Wildman–Crippen LogP) is 4.44. The van der Waals surface area contributed by atoms with E-state index in [0.717, 1.165) is 4.90 Å². The van der Waals surface area contributed by atoms with Crippen molar-refractivity contribution in [1.82, 2.24) is 0 Å². The van der Waals surface area contributed by atoms with Crippen LogP contribution in [-0.2, 0) is 0 Å². The number of hydrogen-bond acceptors (Lipinski definition) is 5. The number of nitriles is 1. The average molecular weight is 371 g/mol. The van der Waals surface area contributed by atoms with Gasteiger partial charge >= 0.3 is 0 Å². The first-order chi connectivity index (χ1) is 13.1. The van der Waals surface area contributed by atoms with Gasteiger partial charge in [-0.25, -0.2) is 0 Å². The lowest BCUT2D eigenvalue weighted by molar-refractivity contribution is 0.103. The van der Waals surface area contributed by atoms with Crippen LogP contribution < -0.4 is 11.5 Å². The number of nitrogen functional groups attached to an aromatic ring is 1. The topological polar surface area (TPSA) is 92.9 Å². The lowest BCUT2D eigenvalue weighted by Crippen LogP contribution is -2.03. The second kappa shape index (κ2) is 8.26. The molecule has 0 amide bonds. The van der Waals surface area contributed by atoms with Gasteiger partial charge in [-0.2, -0.15) is 5.26 Å². The lowest BCUT2D eigenvalue weighted by Gasteiger charge is -2.08. The Bertz CT molecular complexity index is 1040. The van der Waals surface area contributed by atoms with Gasteiger partial charge in [0.25, 0.3) is 0 Å². The van der Waals surface area contributed by atoms with Crippen LogP contribution in [-0.4, -0.2) is 5.78 Å². The van der Waals surface area contributed by atoms with Crippen LogP contribution in [0.25, 0.3) is 5.57 Å². The molecule has 0 aromatic heterocycles. The first-order valence-corrected chi connectivity index (χ1v) is 9.03. The van der Waals surface area contributed by atoms with Crippen LogP contribution in [0.3, 0.4) is 0 Å². The van der Waals surface area contributed by atoms with Crippen LogP contribution in [0.1, 0.15) is 21.5 Å². The van der Waals surface area contributed by atoms with Crippen molar-refractivity contribution in [3.05, 3.63) is 101 Å². The first kappa shape index (κ1) is 18.3. The summed E-state index contributed by atoms with van der Waals surface area (Å²) in [7, 11) is 0. The van der Waals surface area contributed by atoms with Crippen LogP contribution in [0.5, 0.6) is 0 Å². The minimum absolute atomic E-state index is 0.0977. The van der Waals surface area contributed by atoms with Gasteiger partial charge in [0.15, 0.2) is 5.78 Å². The summed E-state index contributed by atoms with van der Waals surface area (Å²) >= 11 is 1.28. The van der Waals surface area contributed by atoms with Crippen LogP contribution in [0.2, 0.25) is 0 Å². The molecule has 4 N–H and O–H groups in total. The summed E-state index contributed by atoms with van der Waals surface area (Å²) < 4.78 is 0. The first-order valence-electron chi connectivity index (χ1n) is 8.22. The van der Waals surface area contributed by atoms with Crippen molar-refractivity contribution in [2.75, 3.05) is 5.73 Å². The Morgan fingerprint density at radius 2 is 1.48 bits per heavy atom. The molecule has 0 heterocycles. The van der Waals surface area contributed by atoms with Gasteiger partial charge in [0.1, 0.15) is 6.07 Å². The summed E-state index contributed by atoms with van der Waals surface area (Å²) in [6.07, 6.45) is 0. The highest BCUT2D eigenvalue weighted by Crippen LogP contribution is 2.30. The number of thioether (sulfide) groups is 1. The molecule has 3 aromatic rings. The van der Waals surface area contributed by atoms with Crippen LogP contribution in [0.4, 0.5) is 5.69 Å². The quantitative estimate of drug-likeness (QED) is 0.299. The molecule has 0 atom stereocenters. The van der Waals surface area contributed by atoms with E-state index in [1.807, 2.05) is 30.3 Å². The molecule has 132 valence electrons. The van der Waals surface area contributed by atoms with E-state index in [1.165, 1.54) is 11.8 Å². The Hall–Kier alpha value is -3.49. The zero-order valence-corrected chi connectivity index (χ0v) is 15.2. The van der Waals surface area contributed by atoms with Crippen molar-refractivity contribution in [2.45, 2.75) is 4.90 Å². The maximum Gasteiger partial charge on any atom is 0.193 e. The number of carbonyl (C=O) groups is 1. The number of hydrogen-bond donors (Lipinski definition) is 2. The Morgan fingerprint density at radius 1 is 0.852 bits per heavy atom. The van der Waals surface area contributed by atoms with Crippen molar-refractivity contribution >= 4 is 28.8 Å². The van der Waals surface area contributed by atoms with Crippen LogP contribution in [0.15, 0.2) is 88.8 Å². The van der Waals surface area contributed by atoms with Gasteiger partial charge in [-0.15, -0.1) is 0 Å². The van der Waals surface area contributed by atoms with Gasteiger partial charge in [-0.1, -0.05) is 60.3 Å². The normalized spacial score (nSPS) is 11.4. The number of allylic oxidation sites excluding steroid dienone is 1. The Balaban J connectivity index is 1.92. The highest BCUT2D eigenvalue weighted by atomic mass is 32.2. The number of ketones is 1. The van der Waals surface area contributed by atoms with Crippen molar-refractivity contribution < 1.29 is 4.79 Å². The molecule has 0 spiro atoms. The maximum absolute atomic E-state index is 12.7. The summed E-state index contributed by atoms with van der Waals surface area (Å²) in [6, 6.07) is 25.4. The summed E-state index contributed by atoms with van der Waals surface area (Å²) in [4.78, 5) is 13.5. The summed E-state index contributed by atoms with van der Waals surface area (Å²) in [6.45, 7) is 0. The minimum Gasteiger partial charge on any atom is -0.399 e. The molecule has 0 saturated carbocycles. The third-order valence-electron chi connectivity index (χ3n) is 3.92. The monoisotopic (exact) mass is 371 g/mol. The summed E-state index contributed by atoms with van der Waals surface area (Å²) in [5.41, 5.74) is 14.6. The lowest BCUT2D eigenvalue weighted by atomic mass is 9.99. The zero-order valence-electron chi connectivity index (χ0n) is 14.4. The molecule has 0 bridgehead atoms. The van der Waals surface area contributed by atoms with Gasteiger partial charge in [0.05, 0.1) is 10.6 Å². The molecule has 4 nitrogen and oxygen atoms in total. The Morgan fingerprint density at radius 3 is 2.15 bits per heavy atom. The van der Waals surface area contributed by atoms with Crippen molar-refractivity contribution in [3.63, 3.8) is 0 Å². The fourth-order valence-corrected chi connectivity index (χ4v) is 3.34. The number of anilines is 1. The smallest absolute Gasteiger partial charge is 0.193 e.